The Morgan fingerprint density at radius 3 is 2.50 bits per heavy atom. The van der Waals surface area contributed by atoms with Crippen LogP contribution in [0.5, 0.6) is 11.5 Å². The molecule has 0 saturated heterocycles. The van der Waals surface area contributed by atoms with Crippen molar-refractivity contribution in [1.82, 2.24) is 5.32 Å². The monoisotopic (exact) mass is 253 g/mol. The first-order chi connectivity index (χ1) is 8.60. The van der Waals surface area contributed by atoms with Crippen molar-refractivity contribution in [2.24, 2.45) is 0 Å². The Kier molecular flexibility index (Phi) is 5.45. The van der Waals surface area contributed by atoms with Crippen LogP contribution in [0.15, 0.2) is 18.2 Å². The van der Waals surface area contributed by atoms with Gasteiger partial charge in [0.1, 0.15) is 17.1 Å². The molecule has 1 aromatic carbocycles. The molecule has 5 heteroatoms. The van der Waals surface area contributed by atoms with Crippen molar-refractivity contribution in [2.45, 2.75) is 25.8 Å². The molecule has 0 aliphatic carbocycles. The van der Waals surface area contributed by atoms with Crippen LogP contribution in [0.2, 0.25) is 0 Å². The fourth-order valence-electron chi connectivity index (χ4n) is 1.77. The molecule has 1 amide bonds. The Morgan fingerprint density at radius 2 is 2.00 bits per heavy atom. The van der Waals surface area contributed by atoms with E-state index >= 15 is 0 Å². The zero-order valence-electron chi connectivity index (χ0n) is 10.6. The third-order valence-corrected chi connectivity index (χ3v) is 2.59. The highest BCUT2D eigenvalue weighted by Crippen LogP contribution is 2.26. The molecule has 0 radical (unpaired) electrons. The summed E-state index contributed by atoms with van der Waals surface area (Å²) in [5.74, 6) is -0.971. The maximum atomic E-state index is 12.0. The van der Waals surface area contributed by atoms with E-state index in [1.54, 1.807) is 7.11 Å². The van der Waals surface area contributed by atoms with Crippen LogP contribution in [0.25, 0.3) is 0 Å². The first-order valence-electron chi connectivity index (χ1n) is 5.90. The van der Waals surface area contributed by atoms with E-state index in [1.165, 1.54) is 18.2 Å². The summed E-state index contributed by atoms with van der Waals surface area (Å²) in [7, 11) is 1.56. The second kappa shape index (κ2) is 6.86. The number of phenolic OH excluding ortho intramolecular Hbond substituents is 2. The maximum absolute atomic E-state index is 12.0. The van der Waals surface area contributed by atoms with Crippen LogP contribution in [0.3, 0.4) is 0 Å². The van der Waals surface area contributed by atoms with Gasteiger partial charge in [-0.2, -0.15) is 0 Å². The number of phenols is 2. The summed E-state index contributed by atoms with van der Waals surface area (Å²) in [6.07, 6.45) is 1.68. The Labute approximate surface area is 106 Å². The molecule has 5 nitrogen and oxygen atoms in total. The van der Waals surface area contributed by atoms with Gasteiger partial charge in [-0.15, -0.1) is 0 Å². The molecular formula is C13H19NO4. The topological polar surface area (TPSA) is 78.8 Å². The molecule has 1 rings (SSSR count). The molecule has 0 fully saturated rings. The number of ether oxygens (including phenoxy) is 1. The summed E-state index contributed by atoms with van der Waals surface area (Å²) < 4.78 is 5.01. The minimum Gasteiger partial charge on any atom is -0.507 e. The van der Waals surface area contributed by atoms with Crippen molar-refractivity contribution in [1.29, 1.82) is 0 Å². The highest BCUT2D eigenvalue weighted by atomic mass is 16.5. The van der Waals surface area contributed by atoms with Crippen LogP contribution in [-0.2, 0) is 4.74 Å². The van der Waals surface area contributed by atoms with Gasteiger partial charge in [0.05, 0.1) is 12.6 Å². The number of benzene rings is 1. The highest BCUT2D eigenvalue weighted by Gasteiger charge is 2.19. The third-order valence-electron chi connectivity index (χ3n) is 2.59. The number of carbonyl (C=O) groups is 1. The molecule has 0 heterocycles. The zero-order chi connectivity index (χ0) is 13.5. The Balaban J connectivity index is 2.80. The lowest BCUT2D eigenvalue weighted by atomic mass is 10.1. The average Bonchev–Trinajstić information content (AvgIpc) is 2.29. The fourth-order valence-corrected chi connectivity index (χ4v) is 1.77. The van der Waals surface area contributed by atoms with E-state index in [2.05, 4.69) is 5.32 Å². The second-order valence-corrected chi connectivity index (χ2v) is 4.09. The van der Waals surface area contributed by atoms with Crippen molar-refractivity contribution in [3.63, 3.8) is 0 Å². The minimum atomic E-state index is -0.499. The molecule has 18 heavy (non-hydrogen) atoms. The molecule has 0 spiro atoms. The highest BCUT2D eigenvalue weighted by molar-refractivity contribution is 5.99. The second-order valence-electron chi connectivity index (χ2n) is 4.09. The quantitative estimate of drug-likeness (QED) is 0.720. The number of carbonyl (C=O) groups excluding carboxylic acids is 1. The van der Waals surface area contributed by atoms with E-state index in [4.69, 9.17) is 4.74 Å². The van der Waals surface area contributed by atoms with E-state index in [-0.39, 0.29) is 23.1 Å². The Morgan fingerprint density at radius 1 is 1.39 bits per heavy atom. The normalized spacial score (nSPS) is 12.1. The molecule has 0 aliphatic rings. The van der Waals surface area contributed by atoms with Crippen molar-refractivity contribution < 1.29 is 19.7 Å². The smallest absolute Gasteiger partial charge is 0.259 e. The van der Waals surface area contributed by atoms with Gasteiger partial charge in [0.2, 0.25) is 0 Å². The van der Waals surface area contributed by atoms with Crippen LogP contribution in [0.4, 0.5) is 0 Å². The SMILES string of the molecule is CCCC(COC)NC(=O)c1c(O)cccc1O. The van der Waals surface area contributed by atoms with Crippen LogP contribution in [-0.4, -0.2) is 35.9 Å². The summed E-state index contributed by atoms with van der Waals surface area (Å²) in [5.41, 5.74) is -0.102. The third kappa shape index (κ3) is 3.63. The van der Waals surface area contributed by atoms with Gasteiger partial charge >= 0.3 is 0 Å². The van der Waals surface area contributed by atoms with E-state index in [0.717, 1.165) is 12.8 Å². The molecule has 0 bridgehead atoms. The molecule has 0 aromatic heterocycles. The predicted octanol–water partition coefficient (Wildman–Crippen LogP) is 1.64. The van der Waals surface area contributed by atoms with E-state index < -0.39 is 5.91 Å². The summed E-state index contributed by atoms with van der Waals surface area (Å²) >= 11 is 0. The lowest BCUT2D eigenvalue weighted by molar-refractivity contribution is 0.0886. The molecule has 0 saturated carbocycles. The predicted molar refractivity (Wildman–Crippen MR) is 67.8 cm³/mol. The van der Waals surface area contributed by atoms with Gasteiger partial charge < -0.3 is 20.3 Å². The van der Waals surface area contributed by atoms with Gasteiger partial charge in [-0.3, -0.25) is 4.79 Å². The largest absolute Gasteiger partial charge is 0.507 e. The fraction of sp³-hybridized carbons (Fsp3) is 0.462. The minimum absolute atomic E-state index is 0.102. The number of nitrogens with one attached hydrogen (secondary N) is 1. The molecule has 100 valence electrons. The lowest BCUT2D eigenvalue weighted by Gasteiger charge is -2.17. The van der Waals surface area contributed by atoms with Gasteiger partial charge in [-0.05, 0) is 18.6 Å². The van der Waals surface area contributed by atoms with Crippen LogP contribution in [0.1, 0.15) is 30.1 Å². The average molecular weight is 253 g/mol. The van der Waals surface area contributed by atoms with Gasteiger partial charge in [0.25, 0.3) is 5.91 Å². The van der Waals surface area contributed by atoms with Gasteiger partial charge in [-0.1, -0.05) is 19.4 Å². The number of aromatic hydroxyl groups is 2. The van der Waals surface area contributed by atoms with Crippen molar-refractivity contribution in [2.75, 3.05) is 13.7 Å². The first kappa shape index (κ1) is 14.3. The summed E-state index contributed by atoms with van der Waals surface area (Å²) in [6.45, 7) is 2.40. The van der Waals surface area contributed by atoms with Crippen molar-refractivity contribution >= 4 is 5.91 Å². The van der Waals surface area contributed by atoms with E-state index in [1.807, 2.05) is 6.92 Å². The molecule has 1 unspecified atom stereocenters. The molecule has 0 aliphatic heterocycles. The molecule has 3 N–H and O–H groups in total. The summed E-state index contributed by atoms with van der Waals surface area (Å²) in [6, 6.07) is 4.06. The van der Waals surface area contributed by atoms with Crippen LogP contribution in [0, 0.1) is 0 Å². The zero-order valence-corrected chi connectivity index (χ0v) is 10.6. The lowest BCUT2D eigenvalue weighted by Crippen LogP contribution is -2.38. The van der Waals surface area contributed by atoms with Gasteiger partial charge in [-0.25, -0.2) is 0 Å². The molecule has 1 aromatic rings. The van der Waals surface area contributed by atoms with E-state index in [9.17, 15) is 15.0 Å². The number of hydrogen-bond donors (Lipinski definition) is 3. The van der Waals surface area contributed by atoms with Crippen LogP contribution < -0.4 is 5.32 Å². The summed E-state index contributed by atoms with van der Waals surface area (Å²) in [5, 5.41) is 21.9. The standard InChI is InChI=1S/C13H19NO4/c1-3-5-9(8-18-2)14-13(17)12-10(15)6-4-7-11(12)16/h4,6-7,9,15-16H,3,5,8H2,1-2H3,(H,14,17). The Hall–Kier alpha value is -1.75. The summed E-state index contributed by atoms with van der Waals surface area (Å²) in [4.78, 5) is 12.0. The number of hydrogen-bond acceptors (Lipinski definition) is 4. The van der Waals surface area contributed by atoms with Crippen LogP contribution >= 0.6 is 0 Å². The van der Waals surface area contributed by atoms with Gasteiger partial charge in [0.15, 0.2) is 0 Å². The number of rotatable bonds is 6. The molecular weight excluding hydrogens is 234 g/mol. The number of amides is 1. The molecule has 1 atom stereocenters. The van der Waals surface area contributed by atoms with E-state index in [0.29, 0.717) is 6.61 Å². The first-order valence-corrected chi connectivity index (χ1v) is 5.90. The Bertz CT molecular complexity index is 380. The van der Waals surface area contributed by atoms with Crippen molar-refractivity contribution in [3.8, 4) is 11.5 Å². The maximum Gasteiger partial charge on any atom is 0.259 e. The van der Waals surface area contributed by atoms with Crippen molar-refractivity contribution in [3.05, 3.63) is 23.8 Å². The van der Waals surface area contributed by atoms with Gasteiger partial charge in [0, 0.05) is 7.11 Å². The number of methoxy groups -OCH3 is 1.